The van der Waals surface area contributed by atoms with E-state index < -0.39 is 36.6 Å². The fourth-order valence-corrected chi connectivity index (χ4v) is 11.1. The third kappa shape index (κ3) is 31.3. The van der Waals surface area contributed by atoms with Crippen molar-refractivity contribution < 1.29 is 64.4 Å². The van der Waals surface area contributed by atoms with E-state index in [9.17, 15) is 0 Å². The zero-order valence-electron chi connectivity index (χ0n) is 60.9. The zero-order chi connectivity index (χ0) is 70.2. The van der Waals surface area contributed by atoms with Crippen molar-refractivity contribution in [2.24, 2.45) is 0 Å². The largest absolute Gasteiger partial charge is 2.00 e. The maximum Gasteiger partial charge on any atom is 2.00 e. The van der Waals surface area contributed by atoms with Crippen LogP contribution in [0.3, 0.4) is 0 Å². The molecule has 0 bridgehead atoms. The molecule has 0 spiro atoms. The first-order chi connectivity index (χ1) is 49.1. The molecule has 2 aliphatic rings. The number of ether oxygens (including phenoxy) is 10. The Bertz CT molecular complexity index is 3440. The monoisotopic (exact) mass is 1440 g/mol. The van der Waals surface area contributed by atoms with Gasteiger partial charge in [-0.3, -0.25) is 0 Å². The summed E-state index contributed by atoms with van der Waals surface area (Å²) in [6, 6.07) is 104. The van der Waals surface area contributed by atoms with E-state index in [1.54, 1.807) is 0 Å². The summed E-state index contributed by atoms with van der Waals surface area (Å²) < 4.78 is 66.1. The predicted octanol–water partition coefficient (Wildman–Crippen LogP) is 17.1. The van der Waals surface area contributed by atoms with Crippen molar-refractivity contribution in [2.45, 2.75) is 176 Å². The number of hydrogen-bond acceptors (Lipinski definition) is 10. The molecule has 2 aliphatic heterocycles. The molecule has 10 aromatic carbocycles. The summed E-state index contributed by atoms with van der Waals surface area (Å²) in [5.74, 6) is 0. The first-order valence-corrected chi connectivity index (χ1v) is 35.5. The van der Waals surface area contributed by atoms with E-state index in [4.69, 9.17) is 47.4 Å². The van der Waals surface area contributed by atoms with E-state index in [1.165, 1.54) is 0 Å². The Morgan fingerprint density at radius 1 is 0.267 bits per heavy atom. The van der Waals surface area contributed by atoms with Crippen LogP contribution in [-0.2, 0) is 100 Å². The van der Waals surface area contributed by atoms with Gasteiger partial charge in [0.15, 0.2) is 0 Å². The summed E-state index contributed by atoms with van der Waals surface area (Å²) in [6.45, 7) is 22.4. The minimum atomic E-state index is -0.453. The van der Waals surface area contributed by atoms with Crippen molar-refractivity contribution in [2.75, 3.05) is 13.2 Å². The summed E-state index contributed by atoms with van der Waals surface area (Å²) in [7, 11) is 0. The van der Waals surface area contributed by atoms with Crippen molar-refractivity contribution in [3.05, 3.63) is 359 Å². The first-order valence-electron chi connectivity index (χ1n) is 35.5. The van der Waals surface area contributed by atoms with Gasteiger partial charge in [-0.25, -0.2) is 0 Å². The third-order valence-corrected chi connectivity index (χ3v) is 15.7. The Morgan fingerprint density at radius 3 is 0.772 bits per heavy atom. The van der Waals surface area contributed by atoms with E-state index in [0.717, 1.165) is 50.1 Å². The van der Waals surface area contributed by atoms with Gasteiger partial charge in [-0.1, -0.05) is 328 Å². The Hall–Kier alpha value is -6.95. The van der Waals surface area contributed by atoms with Crippen LogP contribution in [-0.4, -0.2) is 91.2 Å². The maximum atomic E-state index is 6.94. The van der Waals surface area contributed by atoms with Gasteiger partial charge in [0.25, 0.3) is 0 Å². The molecule has 12 heteroatoms. The second kappa shape index (κ2) is 53.8. The van der Waals surface area contributed by atoms with Crippen LogP contribution < -0.4 is 17.0 Å². The van der Waals surface area contributed by atoms with Crippen LogP contribution in [0.25, 0.3) is 0 Å². The van der Waals surface area contributed by atoms with Crippen molar-refractivity contribution in [3.8, 4) is 0 Å². The Kier molecular flexibility index (Phi) is 46.1. The molecule has 0 aromatic heterocycles. The smallest absolute Gasteiger partial charge is 1.00 e. The van der Waals surface area contributed by atoms with Gasteiger partial charge in [0.2, 0.25) is 0 Å². The molecule has 2 heterocycles. The van der Waals surface area contributed by atoms with Gasteiger partial charge in [-0.05, 0) is 57.0 Å². The zero-order valence-corrected chi connectivity index (χ0v) is 63.9. The van der Waals surface area contributed by atoms with Crippen LogP contribution in [0, 0.1) is 6.07 Å². The topological polar surface area (TPSA) is 92.3 Å². The Morgan fingerprint density at radius 2 is 0.495 bits per heavy atom. The summed E-state index contributed by atoms with van der Waals surface area (Å²) in [5.41, 5.74) is 9.79. The Balaban J connectivity index is 0.000000357. The van der Waals surface area contributed by atoms with Crippen LogP contribution in [0.15, 0.2) is 303 Å². The fourth-order valence-electron chi connectivity index (χ4n) is 11.1. The molecule has 2 fully saturated rings. The number of rotatable bonds is 27. The third-order valence-electron chi connectivity index (χ3n) is 15.7. The molecule has 0 N–H and O–H groups in total. The summed E-state index contributed by atoms with van der Waals surface area (Å²) in [4.78, 5) is 0. The molecule has 0 amide bonds. The van der Waals surface area contributed by atoms with Gasteiger partial charge in [-0.2, -0.15) is 36.4 Å². The van der Waals surface area contributed by atoms with Crippen LogP contribution in [0.5, 0.6) is 0 Å². The van der Waals surface area contributed by atoms with Crippen LogP contribution in [0.2, 0.25) is 0 Å². The van der Waals surface area contributed by atoms with Crippen LogP contribution in [0.1, 0.15) is 118 Å². The van der Waals surface area contributed by atoms with Gasteiger partial charge in [0, 0.05) is 0 Å². The maximum absolute atomic E-state index is 6.94. The van der Waals surface area contributed by atoms with Crippen molar-refractivity contribution in [1.82, 2.24) is 0 Å². The van der Waals surface area contributed by atoms with Crippen LogP contribution in [0.4, 0.5) is 0 Å². The average molecular weight is 1440 g/mol. The van der Waals surface area contributed by atoms with Gasteiger partial charge < -0.3 is 64.4 Å². The van der Waals surface area contributed by atoms with E-state index in [0.29, 0.717) is 66.1 Å². The second-order valence-electron chi connectivity index (χ2n) is 22.5. The second-order valence-corrected chi connectivity index (χ2v) is 22.5. The fraction of sp³-hybridized carbons (Fsp3) is 0.326. The first kappa shape index (κ1) is 86.5. The van der Waals surface area contributed by atoms with Crippen molar-refractivity contribution in [3.63, 3.8) is 0 Å². The minimum Gasteiger partial charge on any atom is -1.00 e. The molecule has 0 aliphatic carbocycles. The minimum absolute atomic E-state index is 0. The van der Waals surface area contributed by atoms with Gasteiger partial charge in [-0.15, -0.1) is 0 Å². The van der Waals surface area contributed by atoms with E-state index in [2.05, 4.69) is 115 Å². The summed E-state index contributed by atoms with van der Waals surface area (Å²) >= 11 is 0. The molecular weight excluding hydrogens is 1330 g/mol. The van der Waals surface area contributed by atoms with Gasteiger partial charge >= 0.3 is 23.1 Å². The molecular formula is C89H107BrMgO10. The normalized spacial score (nSPS) is 19.2. The summed E-state index contributed by atoms with van der Waals surface area (Å²) in [6.07, 6.45) is -3.74. The van der Waals surface area contributed by atoms with Crippen LogP contribution >= 0.6 is 0 Å². The van der Waals surface area contributed by atoms with E-state index in [-0.39, 0.29) is 64.5 Å². The SMILES string of the molecule is CC.CC.CC.CC.CC1O[C@H](COCc2ccccc2)[C@@H](OCc2ccccc2)[C@H](OCc2ccccc2)[C@H]1OCc1ccccc1.[Br-].[Mg+2].[c-]1ccccc1.c1ccc(COC[C@H]2O[C@@H](c3ccccc3)[C@H](OCc3ccccc3)[C@@H](OCc3ccccc3)[C@@H]2OCc2ccccc2)cc1. The number of hydrogen-bond donors (Lipinski definition) is 0. The molecule has 0 radical (unpaired) electrons. The van der Waals surface area contributed by atoms with Gasteiger partial charge in [0.05, 0.1) is 72.2 Å². The average Bonchev–Trinajstić information content (AvgIpc) is 0.788. The standard InChI is InChI=1S/C40H40O5.C35H38O5.C6H5.4C2H6.BrH.Mg/c1-6-16-31(17-7-1)26-41-30-36-38(42-27-32-18-8-2-9-19-32)40(44-29-34-22-12-4-13-23-34)39(43-28-33-20-10-3-11-21-33)37(45-36)35-24-14-5-15-25-35;1-27-33(37-23-29-16-8-3-9-17-29)35(39-25-31-20-12-5-13-21-31)34(38-24-30-18-10-4-11-19-30)32(40-27)26-36-22-28-14-6-2-7-15-28;1-2-4-6-5-3-1;4*1-2;;/h1-25,36-40H,26-30H2;2-21,27,32-35H,22-26H2,1H3;1-5H;4*1-2H3;1H;/q;;-1;;;;;;+2/p-1/t36-,37+,38-,39+,40+;27?,32-,33+,34-,35-;;;;;;;/m11......./s1. The molecule has 0 saturated carbocycles. The van der Waals surface area contributed by atoms with E-state index >= 15 is 0 Å². The molecule has 1 unspecified atom stereocenters. The molecule has 532 valence electrons. The van der Waals surface area contributed by atoms with Crippen molar-refractivity contribution >= 4 is 23.1 Å². The number of halogens is 1. The molecule has 12 rings (SSSR count). The quantitative estimate of drug-likeness (QED) is 0.0366. The van der Waals surface area contributed by atoms with Gasteiger partial charge in [0.1, 0.15) is 54.9 Å². The molecule has 10 nitrogen and oxygen atoms in total. The van der Waals surface area contributed by atoms with E-state index in [1.807, 2.05) is 256 Å². The molecule has 101 heavy (non-hydrogen) atoms. The summed E-state index contributed by atoms with van der Waals surface area (Å²) in [5, 5.41) is 0. The molecule has 2 saturated heterocycles. The number of benzene rings is 10. The Labute approximate surface area is 631 Å². The predicted molar refractivity (Wildman–Crippen MR) is 407 cm³/mol. The van der Waals surface area contributed by atoms with Crippen molar-refractivity contribution in [1.29, 1.82) is 0 Å². The molecule has 10 atom stereocenters. The molecule has 10 aromatic rings.